The van der Waals surface area contributed by atoms with Crippen molar-refractivity contribution in [1.29, 1.82) is 0 Å². The molecular weight excluding hydrogens is 345 g/mol. The van der Waals surface area contributed by atoms with Gasteiger partial charge in [-0.1, -0.05) is 84.6 Å². The molecule has 0 saturated heterocycles. The molecule has 0 heterocycles. The summed E-state index contributed by atoms with van der Waals surface area (Å²) in [5.74, 6) is 0.698. The van der Waals surface area contributed by atoms with Gasteiger partial charge < -0.3 is 4.90 Å². The molecule has 0 saturated carbocycles. The Morgan fingerprint density at radius 2 is 1.61 bits per heavy atom. The predicted molar refractivity (Wildman–Crippen MR) is 126 cm³/mol. The first kappa shape index (κ1) is 27.4. The molecular formula is C26H50FN. The molecule has 0 aromatic heterocycles. The molecule has 0 spiro atoms. The van der Waals surface area contributed by atoms with Crippen LogP contribution in [-0.4, -0.2) is 30.2 Å². The fraction of sp³-hybridized carbons (Fsp3) is 0.846. The SMILES string of the molecule is C=CC(=C)CCCC(CCC)C(CCCCC)N(C)C(CCC)CC(F)CC. The predicted octanol–water partition coefficient (Wildman–Crippen LogP) is 8.50. The third-order valence-electron chi connectivity index (χ3n) is 6.36. The first-order valence-electron chi connectivity index (χ1n) is 12.1. The van der Waals surface area contributed by atoms with Crippen LogP contribution in [0.5, 0.6) is 0 Å². The maximum atomic E-state index is 14.3. The zero-order valence-corrected chi connectivity index (χ0v) is 19.8. The molecule has 0 N–H and O–H groups in total. The highest BCUT2D eigenvalue weighted by molar-refractivity contribution is 5.10. The summed E-state index contributed by atoms with van der Waals surface area (Å²) < 4.78 is 14.3. The Morgan fingerprint density at radius 1 is 0.929 bits per heavy atom. The second kappa shape index (κ2) is 17.2. The largest absolute Gasteiger partial charge is 0.300 e. The molecule has 0 aliphatic carbocycles. The van der Waals surface area contributed by atoms with Crippen LogP contribution in [0.2, 0.25) is 0 Å². The first-order valence-corrected chi connectivity index (χ1v) is 12.1. The minimum Gasteiger partial charge on any atom is -0.300 e. The zero-order valence-electron chi connectivity index (χ0n) is 19.8. The lowest BCUT2D eigenvalue weighted by Crippen LogP contribution is -2.45. The summed E-state index contributed by atoms with van der Waals surface area (Å²) in [5.41, 5.74) is 1.15. The number of allylic oxidation sites excluding steroid dienone is 2. The maximum absolute atomic E-state index is 14.3. The van der Waals surface area contributed by atoms with E-state index in [1.807, 2.05) is 13.0 Å². The van der Waals surface area contributed by atoms with Gasteiger partial charge in [0, 0.05) is 12.1 Å². The molecule has 28 heavy (non-hydrogen) atoms. The maximum Gasteiger partial charge on any atom is 0.101 e. The number of unbranched alkanes of at least 4 members (excludes halogenated alkanes) is 2. The number of rotatable bonds is 19. The van der Waals surface area contributed by atoms with Crippen molar-refractivity contribution in [2.45, 2.75) is 129 Å². The number of alkyl halides is 1. The Hall–Kier alpha value is -0.630. The number of halogens is 1. The lowest BCUT2D eigenvalue weighted by Gasteiger charge is -2.40. The number of hydrogen-bond donors (Lipinski definition) is 0. The molecule has 0 aromatic carbocycles. The van der Waals surface area contributed by atoms with Crippen molar-refractivity contribution in [2.75, 3.05) is 7.05 Å². The monoisotopic (exact) mass is 395 g/mol. The summed E-state index contributed by atoms with van der Waals surface area (Å²) in [6.07, 6.45) is 15.9. The van der Waals surface area contributed by atoms with Gasteiger partial charge in [-0.15, -0.1) is 0 Å². The van der Waals surface area contributed by atoms with Crippen LogP contribution in [-0.2, 0) is 0 Å². The molecule has 0 bridgehead atoms. The van der Waals surface area contributed by atoms with Crippen LogP contribution < -0.4 is 0 Å². The van der Waals surface area contributed by atoms with Gasteiger partial charge >= 0.3 is 0 Å². The molecule has 0 amide bonds. The van der Waals surface area contributed by atoms with Crippen molar-refractivity contribution in [1.82, 2.24) is 4.90 Å². The molecule has 1 nitrogen and oxygen atoms in total. The van der Waals surface area contributed by atoms with Crippen molar-refractivity contribution in [2.24, 2.45) is 5.92 Å². The van der Waals surface area contributed by atoms with Crippen molar-refractivity contribution >= 4 is 0 Å². The Bertz CT molecular complexity index is 392. The van der Waals surface area contributed by atoms with Crippen molar-refractivity contribution in [3.05, 3.63) is 24.8 Å². The molecule has 0 aromatic rings. The number of hydrogen-bond acceptors (Lipinski definition) is 1. The van der Waals surface area contributed by atoms with Crippen molar-refractivity contribution in [3.63, 3.8) is 0 Å². The Labute approximate surface area is 176 Å². The van der Waals surface area contributed by atoms with Gasteiger partial charge in [-0.05, 0) is 64.3 Å². The minimum atomic E-state index is -0.671. The van der Waals surface area contributed by atoms with Gasteiger partial charge in [0.2, 0.25) is 0 Å². The molecule has 0 fully saturated rings. The fourth-order valence-electron chi connectivity index (χ4n) is 4.52. The quantitative estimate of drug-likeness (QED) is 0.156. The van der Waals surface area contributed by atoms with E-state index >= 15 is 0 Å². The van der Waals surface area contributed by atoms with E-state index in [1.54, 1.807) is 0 Å². The van der Waals surface area contributed by atoms with Gasteiger partial charge in [-0.2, -0.15) is 0 Å². The summed E-state index contributed by atoms with van der Waals surface area (Å²) in [5, 5.41) is 0. The van der Waals surface area contributed by atoms with Gasteiger partial charge in [-0.3, -0.25) is 0 Å². The first-order chi connectivity index (χ1) is 13.4. The highest BCUT2D eigenvalue weighted by atomic mass is 19.1. The highest BCUT2D eigenvalue weighted by Gasteiger charge is 2.29. The fourth-order valence-corrected chi connectivity index (χ4v) is 4.52. The van der Waals surface area contributed by atoms with E-state index in [1.165, 1.54) is 51.4 Å². The topological polar surface area (TPSA) is 3.24 Å². The summed E-state index contributed by atoms with van der Waals surface area (Å²) in [6, 6.07) is 0.943. The minimum absolute atomic E-state index is 0.370. The van der Waals surface area contributed by atoms with E-state index < -0.39 is 6.17 Å². The van der Waals surface area contributed by atoms with Crippen molar-refractivity contribution < 1.29 is 4.39 Å². The van der Waals surface area contributed by atoms with Gasteiger partial charge in [0.15, 0.2) is 0 Å². The van der Waals surface area contributed by atoms with E-state index in [4.69, 9.17) is 0 Å². The molecule has 0 radical (unpaired) electrons. The third kappa shape index (κ3) is 11.4. The summed E-state index contributed by atoms with van der Waals surface area (Å²) >= 11 is 0. The average molecular weight is 396 g/mol. The lowest BCUT2D eigenvalue weighted by molar-refractivity contribution is 0.0761. The molecule has 4 atom stereocenters. The second-order valence-corrected chi connectivity index (χ2v) is 8.72. The van der Waals surface area contributed by atoms with Crippen LogP contribution >= 0.6 is 0 Å². The second-order valence-electron chi connectivity index (χ2n) is 8.72. The van der Waals surface area contributed by atoms with Gasteiger partial charge in [0.25, 0.3) is 0 Å². The van der Waals surface area contributed by atoms with Gasteiger partial charge in [-0.25, -0.2) is 4.39 Å². The molecule has 0 aliphatic heterocycles. The lowest BCUT2D eigenvalue weighted by atomic mass is 9.84. The van der Waals surface area contributed by atoms with E-state index in [0.29, 0.717) is 30.8 Å². The van der Waals surface area contributed by atoms with E-state index in [-0.39, 0.29) is 0 Å². The van der Waals surface area contributed by atoms with E-state index in [0.717, 1.165) is 24.8 Å². The highest BCUT2D eigenvalue weighted by Crippen LogP contribution is 2.30. The van der Waals surface area contributed by atoms with Gasteiger partial charge in [0.05, 0.1) is 0 Å². The summed E-state index contributed by atoms with van der Waals surface area (Å²) in [6.45, 7) is 16.7. The smallest absolute Gasteiger partial charge is 0.101 e. The third-order valence-corrected chi connectivity index (χ3v) is 6.36. The van der Waals surface area contributed by atoms with Crippen LogP contribution in [0, 0.1) is 5.92 Å². The molecule has 2 heteroatoms. The molecule has 166 valence electrons. The van der Waals surface area contributed by atoms with Gasteiger partial charge in [0.1, 0.15) is 6.17 Å². The molecule has 0 rings (SSSR count). The van der Waals surface area contributed by atoms with E-state index in [9.17, 15) is 4.39 Å². The van der Waals surface area contributed by atoms with Crippen LogP contribution in [0.3, 0.4) is 0 Å². The normalized spacial score (nSPS) is 16.0. The molecule has 4 unspecified atom stereocenters. The summed E-state index contributed by atoms with van der Waals surface area (Å²) in [4.78, 5) is 2.59. The van der Waals surface area contributed by atoms with Crippen LogP contribution in [0.1, 0.15) is 111 Å². The van der Waals surface area contributed by atoms with Crippen LogP contribution in [0.15, 0.2) is 24.8 Å². The zero-order chi connectivity index (χ0) is 21.4. The Morgan fingerprint density at radius 3 is 2.14 bits per heavy atom. The Kier molecular flexibility index (Phi) is 16.9. The average Bonchev–Trinajstić information content (AvgIpc) is 2.69. The van der Waals surface area contributed by atoms with Crippen molar-refractivity contribution in [3.8, 4) is 0 Å². The van der Waals surface area contributed by atoms with Crippen LogP contribution in [0.25, 0.3) is 0 Å². The van der Waals surface area contributed by atoms with E-state index in [2.05, 4.69) is 45.9 Å². The Balaban J connectivity index is 5.29. The van der Waals surface area contributed by atoms with Crippen LogP contribution in [0.4, 0.5) is 4.39 Å². The molecule has 0 aliphatic rings. The summed E-state index contributed by atoms with van der Waals surface area (Å²) in [7, 11) is 2.28. The number of nitrogens with zero attached hydrogens (tertiary/aromatic N) is 1. The standard InChI is InChI=1S/C26H50FN/c1-8-13-14-20-26(23(16-9-2)19-15-18-22(6)11-4)28(7)25(17-10-3)21-24(27)12-5/h11,23-26H,4,6,8-10,12-21H2,1-3,5,7H3.